The molecule has 0 radical (unpaired) electrons. The zero-order valence-corrected chi connectivity index (χ0v) is 17.9. The Kier molecular flexibility index (Phi) is 4.28. The fourth-order valence-electron chi connectivity index (χ4n) is 4.17. The van der Waals surface area contributed by atoms with E-state index in [1.165, 1.54) is 0 Å². The van der Waals surface area contributed by atoms with Crippen LogP contribution in [0, 0.1) is 6.92 Å². The molecule has 1 N–H and O–H groups in total. The van der Waals surface area contributed by atoms with Crippen LogP contribution in [-0.4, -0.2) is 63.6 Å². The minimum absolute atomic E-state index is 0.0563. The molecule has 0 unspecified atom stereocenters. The second-order valence-electron chi connectivity index (χ2n) is 8.81. The van der Waals surface area contributed by atoms with E-state index in [4.69, 9.17) is 0 Å². The van der Waals surface area contributed by atoms with E-state index in [9.17, 15) is 4.79 Å². The maximum atomic E-state index is 13.3. The van der Waals surface area contributed by atoms with Gasteiger partial charge in [0.05, 0.1) is 17.6 Å². The number of benzene rings is 1. The Morgan fingerprint density at radius 2 is 1.97 bits per heavy atom. The summed E-state index contributed by atoms with van der Waals surface area (Å²) in [6.07, 6.45) is 5.01. The van der Waals surface area contributed by atoms with Crippen LogP contribution in [0.2, 0.25) is 0 Å². The Bertz CT molecular complexity index is 1130. The largest absolute Gasteiger partial charge is 0.368 e. The summed E-state index contributed by atoms with van der Waals surface area (Å²) < 4.78 is 1.88. The van der Waals surface area contributed by atoms with Crippen LogP contribution in [0.1, 0.15) is 34.5 Å². The highest BCUT2D eigenvalue weighted by atomic mass is 16.1. The molecule has 156 valence electrons. The quantitative estimate of drug-likeness (QED) is 0.698. The van der Waals surface area contributed by atoms with Gasteiger partial charge in [0.15, 0.2) is 5.65 Å². The van der Waals surface area contributed by atoms with Crippen molar-refractivity contribution < 1.29 is 4.79 Å². The number of carbonyl (C=O) groups is 1. The topological polar surface area (TPSA) is 79.2 Å². The summed E-state index contributed by atoms with van der Waals surface area (Å²) in [6, 6.07) is 6.72. The Morgan fingerprint density at radius 1 is 1.20 bits per heavy atom. The van der Waals surface area contributed by atoms with Crippen molar-refractivity contribution in [2.45, 2.75) is 31.3 Å². The van der Waals surface area contributed by atoms with Gasteiger partial charge in [0, 0.05) is 37.4 Å². The number of amides is 1. The maximum absolute atomic E-state index is 13.3. The van der Waals surface area contributed by atoms with Crippen molar-refractivity contribution in [3.63, 3.8) is 0 Å². The van der Waals surface area contributed by atoms with Crippen molar-refractivity contribution in [1.29, 1.82) is 0 Å². The van der Waals surface area contributed by atoms with Gasteiger partial charge < -0.3 is 19.7 Å². The second-order valence-corrected chi connectivity index (χ2v) is 8.81. The Hall–Kier alpha value is -3.00. The van der Waals surface area contributed by atoms with Crippen molar-refractivity contribution in [1.82, 2.24) is 29.7 Å². The van der Waals surface area contributed by atoms with Gasteiger partial charge in [-0.05, 0) is 51.6 Å². The molecule has 3 heterocycles. The lowest BCUT2D eigenvalue weighted by Gasteiger charge is -2.44. The molecule has 3 aromatic rings. The van der Waals surface area contributed by atoms with Crippen LogP contribution < -0.4 is 10.2 Å². The van der Waals surface area contributed by atoms with Gasteiger partial charge in [0.1, 0.15) is 11.8 Å². The third kappa shape index (κ3) is 3.02. The number of anilines is 1. The Balaban J connectivity index is 1.40. The van der Waals surface area contributed by atoms with Gasteiger partial charge in [-0.2, -0.15) is 0 Å². The zero-order valence-electron chi connectivity index (χ0n) is 17.9. The minimum atomic E-state index is -0.457. The minimum Gasteiger partial charge on any atom is -0.368 e. The first-order chi connectivity index (χ1) is 14.4. The number of aryl methyl sites for hydroxylation is 2. The van der Waals surface area contributed by atoms with Gasteiger partial charge in [-0.25, -0.2) is 15.0 Å². The molecule has 1 aromatic carbocycles. The summed E-state index contributed by atoms with van der Waals surface area (Å²) in [5.74, 6) is -0.0563. The number of hydrogen-bond donors (Lipinski definition) is 1. The van der Waals surface area contributed by atoms with Crippen LogP contribution in [0.3, 0.4) is 0 Å². The fourth-order valence-corrected chi connectivity index (χ4v) is 4.17. The molecular formula is C22H27N7O. The molecule has 1 saturated carbocycles. The number of fused-ring (bicyclic) bond motifs is 1. The highest BCUT2D eigenvalue weighted by Gasteiger charge is 2.49. The summed E-state index contributed by atoms with van der Waals surface area (Å²) in [5.41, 5.74) is 4.70. The molecule has 0 atom stereocenters. The molecule has 2 fully saturated rings. The van der Waals surface area contributed by atoms with E-state index < -0.39 is 5.54 Å². The van der Waals surface area contributed by atoms with Crippen molar-refractivity contribution >= 4 is 22.8 Å². The number of rotatable bonds is 5. The second kappa shape index (κ2) is 6.77. The monoisotopic (exact) mass is 405 g/mol. The van der Waals surface area contributed by atoms with Crippen molar-refractivity contribution in [2.24, 2.45) is 7.05 Å². The van der Waals surface area contributed by atoms with E-state index >= 15 is 0 Å². The highest BCUT2D eigenvalue weighted by molar-refractivity contribution is 5.97. The molecule has 8 heteroatoms. The summed E-state index contributed by atoms with van der Waals surface area (Å²) in [7, 11) is 6.13. The van der Waals surface area contributed by atoms with Crippen molar-refractivity contribution in [3.05, 3.63) is 47.7 Å². The first kappa shape index (κ1) is 19.0. The van der Waals surface area contributed by atoms with E-state index in [1.54, 1.807) is 12.7 Å². The first-order valence-electron chi connectivity index (χ1n) is 10.3. The molecule has 1 aliphatic heterocycles. The van der Waals surface area contributed by atoms with Gasteiger partial charge >= 0.3 is 0 Å². The molecule has 0 spiro atoms. The fraction of sp³-hybridized carbons (Fsp3) is 0.455. The lowest BCUT2D eigenvalue weighted by molar-refractivity contribution is 0.0929. The van der Waals surface area contributed by atoms with Crippen LogP contribution in [0.15, 0.2) is 30.9 Å². The number of nitrogens with zero attached hydrogens (tertiary/aromatic N) is 6. The number of hydrogen-bond acceptors (Lipinski definition) is 6. The third-order valence-corrected chi connectivity index (χ3v) is 6.48. The predicted octanol–water partition coefficient (Wildman–Crippen LogP) is 1.84. The molecule has 1 aliphatic carbocycles. The molecule has 2 aromatic heterocycles. The van der Waals surface area contributed by atoms with E-state index in [0.29, 0.717) is 6.04 Å². The van der Waals surface area contributed by atoms with Crippen molar-refractivity contribution in [2.75, 3.05) is 32.1 Å². The Morgan fingerprint density at radius 3 is 2.67 bits per heavy atom. The molecular weight excluding hydrogens is 378 g/mol. The Labute approximate surface area is 175 Å². The predicted molar refractivity (Wildman–Crippen MR) is 116 cm³/mol. The summed E-state index contributed by atoms with van der Waals surface area (Å²) >= 11 is 0. The summed E-state index contributed by atoms with van der Waals surface area (Å²) in [6.45, 7) is 3.96. The average Bonchev–Trinajstić information content (AvgIpc) is 3.36. The van der Waals surface area contributed by atoms with Gasteiger partial charge in [0.2, 0.25) is 0 Å². The number of carbonyl (C=O) groups excluding carboxylic acids is 1. The smallest absolute Gasteiger partial charge is 0.252 e. The summed E-state index contributed by atoms with van der Waals surface area (Å²) in [4.78, 5) is 31.1. The van der Waals surface area contributed by atoms with E-state index in [2.05, 4.69) is 50.2 Å². The van der Waals surface area contributed by atoms with Gasteiger partial charge in [0.25, 0.3) is 5.91 Å². The van der Waals surface area contributed by atoms with Gasteiger partial charge in [-0.1, -0.05) is 6.07 Å². The van der Waals surface area contributed by atoms with Crippen LogP contribution in [-0.2, 0) is 12.6 Å². The molecule has 0 bridgehead atoms. The lowest BCUT2D eigenvalue weighted by Crippen LogP contribution is -2.57. The maximum Gasteiger partial charge on any atom is 0.252 e. The molecule has 30 heavy (non-hydrogen) atoms. The van der Waals surface area contributed by atoms with E-state index in [1.807, 2.05) is 30.7 Å². The van der Waals surface area contributed by atoms with Crippen LogP contribution in [0.4, 0.5) is 5.69 Å². The number of aromatic nitrogens is 4. The van der Waals surface area contributed by atoms with Crippen LogP contribution in [0.5, 0.6) is 0 Å². The number of likely N-dealkylation sites (N-methyl/N-ethyl adjacent to an activating group) is 1. The highest BCUT2D eigenvalue weighted by Crippen LogP contribution is 2.46. The first-order valence-corrected chi connectivity index (χ1v) is 10.3. The van der Waals surface area contributed by atoms with E-state index in [0.717, 1.165) is 59.6 Å². The number of imidazole rings is 1. The van der Waals surface area contributed by atoms with Crippen LogP contribution in [0.25, 0.3) is 11.2 Å². The average molecular weight is 406 g/mol. The molecule has 1 amide bonds. The molecule has 1 saturated heterocycles. The molecule has 2 aliphatic rings. The summed E-state index contributed by atoms with van der Waals surface area (Å²) in [5, 5.41) is 3.27. The third-order valence-electron chi connectivity index (χ3n) is 6.48. The molecule has 8 nitrogen and oxygen atoms in total. The zero-order chi connectivity index (χ0) is 21.0. The number of nitrogens with one attached hydrogen (secondary N) is 1. The SMILES string of the molecule is Cc1ccc(N2CC(N(C)C)C2)cc1C(=O)NC1(c2ncnc3c2ncn3C)CC1. The van der Waals surface area contributed by atoms with E-state index in [-0.39, 0.29) is 5.91 Å². The normalized spacial score (nSPS) is 18.0. The molecule has 5 rings (SSSR count). The van der Waals surface area contributed by atoms with Gasteiger partial charge in [-0.15, -0.1) is 0 Å². The van der Waals surface area contributed by atoms with Crippen LogP contribution >= 0.6 is 0 Å². The standard InChI is InChI=1S/C22H27N7O/c1-14-5-6-15(29-10-16(11-29)27(2)3)9-17(14)21(30)26-22(7-8-22)19-18-20(24-12-23-19)28(4)13-25-18/h5-6,9,12-13,16H,7-8,10-11H2,1-4H3,(H,26,30). The van der Waals surface area contributed by atoms with Crippen molar-refractivity contribution in [3.8, 4) is 0 Å². The lowest BCUT2D eigenvalue weighted by atomic mass is 10.0. The van der Waals surface area contributed by atoms with Gasteiger partial charge in [-0.3, -0.25) is 4.79 Å².